The van der Waals surface area contributed by atoms with Crippen LogP contribution in [0.1, 0.15) is 20.8 Å². The van der Waals surface area contributed by atoms with Crippen LogP contribution in [0.4, 0.5) is 18.0 Å². The Balaban J connectivity index is 3.33. The number of hydrogen-bond donors (Lipinski definition) is 2. The summed E-state index contributed by atoms with van der Waals surface area (Å²) in [4.78, 5) is 11.6. The van der Waals surface area contributed by atoms with E-state index in [0.29, 0.717) is 4.90 Å². The van der Waals surface area contributed by atoms with Crippen molar-refractivity contribution in [2.75, 3.05) is 19.6 Å². The molecule has 1 aliphatic rings. The van der Waals surface area contributed by atoms with Gasteiger partial charge in [-0.15, -0.1) is 0 Å². The molecule has 0 aliphatic carbocycles. The number of carboxylic acid groups (broad SMARTS) is 1. The number of halogens is 3. The maximum Gasteiger partial charge on any atom is 0.413 e. The van der Waals surface area contributed by atoms with Crippen molar-refractivity contribution < 1.29 is 23.1 Å². The Morgan fingerprint density at radius 3 is 2.18 bits per heavy atom. The number of nitrogens with one attached hydrogen (secondary N) is 1. The van der Waals surface area contributed by atoms with Crippen molar-refractivity contribution in [3.8, 4) is 0 Å². The van der Waals surface area contributed by atoms with Gasteiger partial charge < -0.3 is 10.4 Å². The van der Waals surface area contributed by atoms with Crippen molar-refractivity contribution in [1.82, 2.24) is 10.2 Å². The van der Waals surface area contributed by atoms with E-state index in [1.807, 2.05) is 0 Å². The van der Waals surface area contributed by atoms with Gasteiger partial charge in [-0.05, 0) is 5.41 Å². The summed E-state index contributed by atoms with van der Waals surface area (Å²) in [5.74, 6) is 0. The summed E-state index contributed by atoms with van der Waals surface area (Å²) < 4.78 is 40.1. The highest BCUT2D eigenvalue weighted by atomic mass is 19.4. The molecule has 0 aromatic heterocycles. The SMILES string of the molecule is CC(C)(C)C1(C(F)(F)F)CNCCN1C(=O)O. The molecule has 0 aromatic carbocycles. The summed E-state index contributed by atoms with van der Waals surface area (Å²) >= 11 is 0. The van der Waals surface area contributed by atoms with E-state index in [0.717, 1.165) is 0 Å². The van der Waals surface area contributed by atoms with Crippen molar-refractivity contribution >= 4 is 6.09 Å². The monoisotopic (exact) mass is 254 g/mol. The fourth-order valence-corrected chi connectivity index (χ4v) is 2.35. The zero-order chi connectivity index (χ0) is 13.5. The minimum absolute atomic E-state index is 0.161. The molecule has 1 heterocycles. The molecule has 0 spiro atoms. The van der Waals surface area contributed by atoms with E-state index in [4.69, 9.17) is 5.11 Å². The highest BCUT2D eigenvalue weighted by Gasteiger charge is 2.66. The van der Waals surface area contributed by atoms with Gasteiger partial charge in [-0.3, -0.25) is 4.90 Å². The molecule has 1 atom stereocenters. The molecule has 1 fully saturated rings. The molecule has 1 aliphatic heterocycles. The maximum atomic E-state index is 13.4. The quantitative estimate of drug-likeness (QED) is 0.694. The van der Waals surface area contributed by atoms with Crippen LogP contribution in [0, 0.1) is 5.41 Å². The van der Waals surface area contributed by atoms with Crippen LogP contribution in [0.15, 0.2) is 0 Å². The molecule has 4 nitrogen and oxygen atoms in total. The minimum Gasteiger partial charge on any atom is -0.465 e. The van der Waals surface area contributed by atoms with Gasteiger partial charge >= 0.3 is 12.3 Å². The third kappa shape index (κ3) is 2.08. The zero-order valence-electron chi connectivity index (χ0n) is 10.1. The van der Waals surface area contributed by atoms with Crippen molar-refractivity contribution in [1.29, 1.82) is 0 Å². The molecule has 7 heteroatoms. The Labute approximate surface area is 97.8 Å². The van der Waals surface area contributed by atoms with Crippen LogP contribution < -0.4 is 5.32 Å². The first kappa shape index (κ1) is 14.1. The average Bonchev–Trinajstić information content (AvgIpc) is 2.14. The van der Waals surface area contributed by atoms with Crippen molar-refractivity contribution in [3.05, 3.63) is 0 Å². The van der Waals surface area contributed by atoms with Crippen LogP contribution in [-0.4, -0.2) is 47.4 Å². The summed E-state index contributed by atoms with van der Waals surface area (Å²) in [6, 6.07) is 0. The molecule has 1 rings (SSSR count). The lowest BCUT2D eigenvalue weighted by molar-refractivity contribution is -0.260. The van der Waals surface area contributed by atoms with Gasteiger partial charge in [0.25, 0.3) is 0 Å². The topological polar surface area (TPSA) is 52.6 Å². The Hall–Kier alpha value is -0.980. The van der Waals surface area contributed by atoms with Gasteiger partial charge in [0.2, 0.25) is 0 Å². The van der Waals surface area contributed by atoms with Crippen LogP contribution in [0.25, 0.3) is 0 Å². The van der Waals surface area contributed by atoms with E-state index in [9.17, 15) is 18.0 Å². The predicted molar refractivity (Wildman–Crippen MR) is 55.8 cm³/mol. The van der Waals surface area contributed by atoms with Gasteiger partial charge in [0.15, 0.2) is 5.54 Å². The van der Waals surface area contributed by atoms with E-state index < -0.39 is 29.8 Å². The standard InChI is InChI=1S/C10H17F3N2O2/c1-8(2,3)9(10(11,12)13)6-14-4-5-15(9)7(16)17/h14H,4-6H2,1-3H3,(H,16,17). The lowest BCUT2D eigenvalue weighted by Crippen LogP contribution is -2.74. The van der Waals surface area contributed by atoms with Gasteiger partial charge in [0.05, 0.1) is 0 Å². The fraction of sp³-hybridized carbons (Fsp3) is 0.900. The van der Waals surface area contributed by atoms with Crippen LogP contribution in [0.2, 0.25) is 0 Å². The number of hydrogen-bond acceptors (Lipinski definition) is 2. The summed E-state index contributed by atoms with van der Waals surface area (Å²) in [6.45, 7) is 3.88. The molecular formula is C10H17F3N2O2. The van der Waals surface area contributed by atoms with Crippen LogP contribution >= 0.6 is 0 Å². The molecule has 100 valence electrons. The van der Waals surface area contributed by atoms with Crippen LogP contribution in [0.3, 0.4) is 0 Å². The predicted octanol–water partition coefficient (Wildman–Crippen LogP) is 1.92. The molecule has 1 amide bonds. The minimum atomic E-state index is -4.61. The number of rotatable bonds is 0. The maximum absolute atomic E-state index is 13.4. The lowest BCUT2D eigenvalue weighted by atomic mass is 9.70. The van der Waals surface area contributed by atoms with Crippen molar-refractivity contribution in [2.24, 2.45) is 5.41 Å². The second-order valence-electron chi connectivity index (χ2n) is 5.22. The second-order valence-corrected chi connectivity index (χ2v) is 5.22. The summed E-state index contributed by atoms with van der Waals surface area (Å²) in [5.41, 5.74) is -3.62. The average molecular weight is 254 g/mol. The Kier molecular flexibility index (Phi) is 3.35. The Bertz CT molecular complexity index is 296. The second kappa shape index (κ2) is 4.04. The molecule has 1 saturated heterocycles. The number of piperazine rings is 1. The zero-order valence-corrected chi connectivity index (χ0v) is 10.1. The molecule has 0 saturated carbocycles. The first-order valence-corrected chi connectivity index (χ1v) is 5.32. The molecule has 2 N–H and O–H groups in total. The van der Waals surface area contributed by atoms with Crippen molar-refractivity contribution in [3.63, 3.8) is 0 Å². The molecular weight excluding hydrogens is 237 g/mol. The fourth-order valence-electron chi connectivity index (χ4n) is 2.35. The molecule has 17 heavy (non-hydrogen) atoms. The normalized spacial score (nSPS) is 27.1. The third-order valence-electron chi connectivity index (χ3n) is 3.29. The largest absolute Gasteiger partial charge is 0.465 e. The smallest absolute Gasteiger partial charge is 0.413 e. The van der Waals surface area contributed by atoms with Gasteiger partial charge in [-0.2, -0.15) is 13.2 Å². The molecule has 1 unspecified atom stereocenters. The molecule has 0 aromatic rings. The molecule has 0 radical (unpaired) electrons. The van der Waals surface area contributed by atoms with E-state index in [2.05, 4.69) is 5.32 Å². The van der Waals surface area contributed by atoms with Gasteiger partial charge in [0.1, 0.15) is 0 Å². The third-order valence-corrected chi connectivity index (χ3v) is 3.29. The van der Waals surface area contributed by atoms with Crippen molar-refractivity contribution in [2.45, 2.75) is 32.5 Å². The summed E-state index contributed by atoms with van der Waals surface area (Å²) in [6.07, 6.45) is -6.14. The lowest BCUT2D eigenvalue weighted by Gasteiger charge is -2.53. The van der Waals surface area contributed by atoms with Gasteiger partial charge in [0, 0.05) is 19.6 Å². The number of alkyl halides is 3. The van der Waals surface area contributed by atoms with Gasteiger partial charge in [-0.1, -0.05) is 20.8 Å². The molecule has 0 bridgehead atoms. The summed E-state index contributed by atoms with van der Waals surface area (Å²) in [5, 5.41) is 11.6. The number of carbonyl (C=O) groups is 1. The van der Waals surface area contributed by atoms with Gasteiger partial charge in [-0.25, -0.2) is 4.79 Å². The number of nitrogens with zero attached hydrogens (tertiary/aromatic N) is 1. The first-order valence-electron chi connectivity index (χ1n) is 5.32. The van der Waals surface area contributed by atoms with Crippen LogP contribution in [0.5, 0.6) is 0 Å². The highest BCUT2D eigenvalue weighted by molar-refractivity contribution is 5.67. The van der Waals surface area contributed by atoms with E-state index in [1.54, 1.807) is 0 Å². The van der Waals surface area contributed by atoms with Crippen LogP contribution in [-0.2, 0) is 0 Å². The summed E-state index contributed by atoms with van der Waals surface area (Å²) in [7, 11) is 0. The Morgan fingerprint density at radius 2 is 1.88 bits per heavy atom. The first-order chi connectivity index (χ1) is 7.54. The van der Waals surface area contributed by atoms with E-state index in [-0.39, 0.29) is 13.1 Å². The number of amides is 1. The van der Waals surface area contributed by atoms with E-state index >= 15 is 0 Å². The Morgan fingerprint density at radius 1 is 1.35 bits per heavy atom. The van der Waals surface area contributed by atoms with E-state index in [1.165, 1.54) is 20.8 Å². The highest BCUT2D eigenvalue weighted by Crippen LogP contribution is 2.48.